The molecule has 0 bridgehead atoms. The summed E-state index contributed by atoms with van der Waals surface area (Å²) in [6.07, 6.45) is 0. The number of carbonyl (C=O) groups excluding carboxylic acids is 2. The smallest absolute Gasteiger partial charge is 0.325 e. The van der Waals surface area contributed by atoms with Crippen molar-refractivity contribution in [3.05, 3.63) is 64.7 Å². The molecule has 6 heteroatoms. The summed E-state index contributed by atoms with van der Waals surface area (Å²) < 4.78 is 4.71. The Morgan fingerprint density at radius 3 is 2.61 bits per heavy atom. The number of benzene rings is 2. The lowest BCUT2D eigenvalue weighted by molar-refractivity contribution is -0.141. The van der Waals surface area contributed by atoms with Crippen molar-refractivity contribution in [3.63, 3.8) is 0 Å². The van der Waals surface area contributed by atoms with Gasteiger partial charge in [0.2, 0.25) is 0 Å². The Hall–Kier alpha value is -2.53. The van der Waals surface area contributed by atoms with Crippen molar-refractivity contribution in [2.24, 2.45) is 0 Å². The maximum Gasteiger partial charge on any atom is 0.325 e. The Morgan fingerprint density at radius 1 is 1.22 bits per heavy atom. The standard InChI is InChI=1S/C17H15ClN2O3/c1-23-15(21)10-20-16(11-6-8-12(18)9-7-11)13-4-2-3-5-14(13)19-17(20)22/h2-9,16H,10H2,1H3,(H,19,22)/t16-/m0/s1. The van der Waals surface area contributed by atoms with Crippen LogP contribution in [0.25, 0.3) is 0 Å². The fraction of sp³-hybridized carbons (Fsp3) is 0.176. The van der Waals surface area contributed by atoms with Gasteiger partial charge < -0.3 is 15.0 Å². The number of ether oxygens (including phenoxy) is 1. The molecular weight excluding hydrogens is 316 g/mol. The van der Waals surface area contributed by atoms with E-state index in [4.69, 9.17) is 16.3 Å². The molecule has 23 heavy (non-hydrogen) atoms. The minimum Gasteiger partial charge on any atom is -0.468 e. The molecule has 5 nitrogen and oxygen atoms in total. The van der Waals surface area contributed by atoms with E-state index in [0.29, 0.717) is 5.02 Å². The van der Waals surface area contributed by atoms with Gasteiger partial charge in [0.05, 0.1) is 13.2 Å². The van der Waals surface area contributed by atoms with Crippen LogP contribution in [0.4, 0.5) is 10.5 Å². The fourth-order valence-corrected chi connectivity index (χ4v) is 2.82. The summed E-state index contributed by atoms with van der Waals surface area (Å²) in [7, 11) is 1.30. The van der Waals surface area contributed by atoms with Gasteiger partial charge in [0.1, 0.15) is 6.54 Å². The molecule has 2 aromatic rings. The molecular formula is C17H15ClN2O3. The minimum atomic E-state index is -0.474. The van der Waals surface area contributed by atoms with E-state index in [2.05, 4.69) is 5.32 Å². The largest absolute Gasteiger partial charge is 0.468 e. The summed E-state index contributed by atoms with van der Waals surface area (Å²) in [5, 5.41) is 3.42. The first-order valence-corrected chi connectivity index (χ1v) is 7.47. The highest BCUT2D eigenvalue weighted by molar-refractivity contribution is 6.30. The van der Waals surface area contributed by atoms with E-state index in [1.807, 2.05) is 36.4 Å². The number of hydrogen-bond acceptors (Lipinski definition) is 3. The number of rotatable bonds is 3. The zero-order chi connectivity index (χ0) is 16.4. The van der Waals surface area contributed by atoms with E-state index in [-0.39, 0.29) is 18.6 Å². The van der Waals surface area contributed by atoms with Crippen molar-refractivity contribution < 1.29 is 14.3 Å². The number of fused-ring (bicyclic) bond motifs is 1. The number of nitrogens with one attached hydrogen (secondary N) is 1. The maximum atomic E-state index is 12.4. The average Bonchev–Trinajstić information content (AvgIpc) is 2.56. The number of nitrogens with zero attached hydrogens (tertiary/aromatic N) is 1. The van der Waals surface area contributed by atoms with Crippen molar-refractivity contribution in [2.45, 2.75) is 6.04 Å². The fourth-order valence-electron chi connectivity index (χ4n) is 2.69. The number of methoxy groups -OCH3 is 1. The lowest BCUT2D eigenvalue weighted by atomic mass is 9.94. The summed E-state index contributed by atoms with van der Waals surface area (Å²) >= 11 is 5.96. The van der Waals surface area contributed by atoms with E-state index in [0.717, 1.165) is 16.8 Å². The van der Waals surface area contributed by atoms with Crippen LogP contribution in [0.5, 0.6) is 0 Å². The Labute approximate surface area is 138 Å². The third-order valence-electron chi connectivity index (χ3n) is 3.78. The van der Waals surface area contributed by atoms with Crippen LogP contribution < -0.4 is 5.32 Å². The van der Waals surface area contributed by atoms with Gasteiger partial charge in [-0.2, -0.15) is 0 Å². The Balaban J connectivity index is 2.09. The van der Waals surface area contributed by atoms with Crippen LogP contribution in [-0.4, -0.2) is 30.6 Å². The number of esters is 1. The molecule has 0 fully saturated rings. The zero-order valence-corrected chi connectivity index (χ0v) is 13.2. The molecule has 0 spiro atoms. The number of hydrogen-bond donors (Lipinski definition) is 1. The SMILES string of the molecule is COC(=O)CN1C(=O)Nc2ccccc2[C@@H]1c1ccc(Cl)cc1. The summed E-state index contributed by atoms with van der Waals surface area (Å²) in [6, 6.07) is 14.0. The zero-order valence-electron chi connectivity index (χ0n) is 12.5. The molecule has 1 heterocycles. The summed E-state index contributed by atoms with van der Waals surface area (Å²) in [6.45, 7) is -0.135. The van der Waals surface area contributed by atoms with Gasteiger partial charge in [-0.05, 0) is 23.8 Å². The van der Waals surface area contributed by atoms with Crippen LogP contribution in [0.1, 0.15) is 17.2 Å². The van der Waals surface area contributed by atoms with Gasteiger partial charge in [-0.25, -0.2) is 4.79 Å². The molecule has 0 radical (unpaired) electrons. The molecule has 1 aliphatic heterocycles. The van der Waals surface area contributed by atoms with Gasteiger partial charge in [-0.3, -0.25) is 4.79 Å². The summed E-state index contributed by atoms with van der Waals surface area (Å²) in [4.78, 5) is 25.6. The van der Waals surface area contributed by atoms with Gasteiger partial charge in [0.25, 0.3) is 0 Å². The van der Waals surface area contributed by atoms with Gasteiger partial charge in [0.15, 0.2) is 0 Å². The van der Waals surface area contributed by atoms with E-state index < -0.39 is 5.97 Å². The van der Waals surface area contributed by atoms with Crippen LogP contribution in [0, 0.1) is 0 Å². The first kappa shape index (κ1) is 15.4. The Bertz CT molecular complexity index is 746. The quantitative estimate of drug-likeness (QED) is 0.877. The lowest BCUT2D eigenvalue weighted by Gasteiger charge is -2.37. The van der Waals surface area contributed by atoms with Gasteiger partial charge in [-0.1, -0.05) is 41.9 Å². The summed E-state index contributed by atoms with van der Waals surface area (Å²) in [5.41, 5.74) is 2.53. The van der Waals surface area contributed by atoms with Crippen molar-refractivity contribution in [3.8, 4) is 0 Å². The van der Waals surface area contributed by atoms with E-state index in [1.165, 1.54) is 12.0 Å². The second kappa shape index (κ2) is 6.30. The first-order chi connectivity index (χ1) is 11.1. The molecule has 3 rings (SSSR count). The minimum absolute atomic E-state index is 0.135. The van der Waals surface area contributed by atoms with Crippen LogP contribution in [0.15, 0.2) is 48.5 Å². The van der Waals surface area contributed by atoms with Crippen LogP contribution in [0.2, 0.25) is 5.02 Å². The number of amides is 2. The van der Waals surface area contributed by atoms with Crippen molar-refractivity contribution in [2.75, 3.05) is 19.0 Å². The van der Waals surface area contributed by atoms with Crippen molar-refractivity contribution in [1.29, 1.82) is 0 Å². The van der Waals surface area contributed by atoms with Crippen LogP contribution >= 0.6 is 11.6 Å². The molecule has 0 aliphatic carbocycles. The molecule has 1 aliphatic rings. The molecule has 0 saturated heterocycles. The number of carbonyl (C=O) groups is 2. The highest BCUT2D eigenvalue weighted by Gasteiger charge is 2.34. The number of para-hydroxylation sites is 1. The van der Waals surface area contributed by atoms with Crippen molar-refractivity contribution in [1.82, 2.24) is 4.90 Å². The first-order valence-electron chi connectivity index (χ1n) is 7.09. The molecule has 0 saturated carbocycles. The molecule has 0 aromatic heterocycles. The number of anilines is 1. The van der Waals surface area contributed by atoms with E-state index in [9.17, 15) is 9.59 Å². The van der Waals surface area contributed by atoms with Gasteiger partial charge in [-0.15, -0.1) is 0 Å². The highest BCUT2D eigenvalue weighted by atomic mass is 35.5. The molecule has 1 atom stereocenters. The maximum absolute atomic E-state index is 12.4. The monoisotopic (exact) mass is 330 g/mol. The Morgan fingerprint density at radius 2 is 1.91 bits per heavy atom. The second-order valence-electron chi connectivity index (χ2n) is 5.18. The van der Waals surface area contributed by atoms with Crippen molar-refractivity contribution >= 4 is 29.3 Å². The van der Waals surface area contributed by atoms with E-state index >= 15 is 0 Å². The lowest BCUT2D eigenvalue weighted by Crippen LogP contribution is -2.45. The number of urea groups is 1. The predicted molar refractivity (Wildman–Crippen MR) is 87.5 cm³/mol. The average molecular weight is 331 g/mol. The second-order valence-corrected chi connectivity index (χ2v) is 5.61. The van der Waals surface area contributed by atoms with Crippen LogP contribution in [0.3, 0.4) is 0 Å². The topological polar surface area (TPSA) is 58.6 Å². The molecule has 118 valence electrons. The molecule has 0 unspecified atom stereocenters. The molecule has 2 aromatic carbocycles. The van der Waals surface area contributed by atoms with Crippen LogP contribution in [-0.2, 0) is 9.53 Å². The highest BCUT2D eigenvalue weighted by Crippen LogP contribution is 2.37. The molecule has 2 amide bonds. The third kappa shape index (κ3) is 3.00. The Kier molecular flexibility index (Phi) is 4.21. The third-order valence-corrected chi connectivity index (χ3v) is 4.03. The number of halogens is 1. The van der Waals surface area contributed by atoms with Gasteiger partial charge >= 0.3 is 12.0 Å². The van der Waals surface area contributed by atoms with Gasteiger partial charge in [0, 0.05) is 16.3 Å². The summed E-state index contributed by atoms with van der Waals surface area (Å²) in [5.74, 6) is -0.474. The molecule has 1 N–H and O–H groups in total. The van der Waals surface area contributed by atoms with E-state index in [1.54, 1.807) is 12.1 Å². The normalized spacial score (nSPS) is 16.5. The predicted octanol–water partition coefficient (Wildman–Crippen LogP) is 3.45.